The highest BCUT2D eigenvalue weighted by molar-refractivity contribution is 7.22. The standard InChI is InChI=1S/C29H31N3OS/c1-21-12-13-26-27(20-21)34-29(31-26)32-18-15-24(16-19-32)28(33)30-17-14-25(22-8-4-2-5-9-22)23-10-6-3-7-11-23/h2-13,20,24-25H,14-19H2,1H3,(H,30,33). The predicted molar refractivity (Wildman–Crippen MR) is 142 cm³/mol. The zero-order valence-corrected chi connectivity index (χ0v) is 20.4. The van der Waals surface area contributed by atoms with Crippen molar-refractivity contribution in [2.24, 2.45) is 5.92 Å². The van der Waals surface area contributed by atoms with Crippen molar-refractivity contribution in [1.29, 1.82) is 0 Å². The van der Waals surface area contributed by atoms with E-state index in [9.17, 15) is 4.79 Å². The van der Waals surface area contributed by atoms with Crippen molar-refractivity contribution in [1.82, 2.24) is 10.3 Å². The van der Waals surface area contributed by atoms with Gasteiger partial charge in [0.15, 0.2) is 5.13 Å². The van der Waals surface area contributed by atoms with Crippen LogP contribution < -0.4 is 10.2 Å². The van der Waals surface area contributed by atoms with Gasteiger partial charge in [0.2, 0.25) is 5.91 Å². The van der Waals surface area contributed by atoms with E-state index in [1.165, 1.54) is 21.4 Å². The fourth-order valence-electron chi connectivity index (χ4n) is 4.87. The van der Waals surface area contributed by atoms with Gasteiger partial charge in [0.1, 0.15) is 0 Å². The smallest absolute Gasteiger partial charge is 0.223 e. The van der Waals surface area contributed by atoms with Gasteiger partial charge in [-0.1, -0.05) is 78.1 Å². The molecule has 34 heavy (non-hydrogen) atoms. The number of thiazole rings is 1. The number of nitrogens with zero attached hydrogens (tertiary/aromatic N) is 2. The molecule has 0 aliphatic carbocycles. The van der Waals surface area contributed by atoms with Gasteiger partial charge in [-0.25, -0.2) is 4.98 Å². The van der Waals surface area contributed by atoms with E-state index in [1.54, 1.807) is 11.3 Å². The summed E-state index contributed by atoms with van der Waals surface area (Å²) in [6, 6.07) is 27.6. The first-order chi connectivity index (χ1) is 16.7. The second kappa shape index (κ2) is 10.4. The van der Waals surface area contributed by atoms with Gasteiger partial charge in [-0.2, -0.15) is 0 Å². The average molecular weight is 470 g/mol. The quantitative estimate of drug-likeness (QED) is 0.353. The topological polar surface area (TPSA) is 45.2 Å². The lowest BCUT2D eigenvalue weighted by Gasteiger charge is -2.31. The lowest BCUT2D eigenvalue weighted by Crippen LogP contribution is -2.41. The third-order valence-corrected chi connectivity index (χ3v) is 7.88. The molecule has 0 radical (unpaired) electrons. The lowest BCUT2D eigenvalue weighted by molar-refractivity contribution is -0.125. The summed E-state index contributed by atoms with van der Waals surface area (Å²) in [7, 11) is 0. The molecule has 0 bridgehead atoms. The maximum atomic E-state index is 12.9. The average Bonchev–Trinajstić information content (AvgIpc) is 3.31. The predicted octanol–water partition coefficient (Wildman–Crippen LogP) is 6.16. The van der Waals surface area contributed by atoms with Crippen molar-refractivity contribution < 1.29 is 4.79 Å². The summed E-state index contributed by atoms with van der Waals surface area (Å²) in [5.41, 5.74) is 4.92. The van der Waals surface area contributed by atoms with Gasteiger partial charge in [-0.3, -0.25) is 4.79 Å². The molecule has 0 unspecified atom stereocenters. The second-order valence-corrected chi connectivity index (χ2v) is 10.2. The summed E-state index contributed by atoms with van der Waals surface area (Å²) in [6.45, 7) is 4.57. The van der Waals surface area contributed by atoms with E-state index in [-0.39, 0.29) is 17.7 Å². The number of fused-ring (bicyclic) bond motifs is 1. The molecule has 2 heterocycles. The minimum Gasteiger partial charge on any atom is -0.356 e. The van der Waals surface area contributed by atoms with Gasteiger partial charge in [0.25, 0.3) is 0 Å². The van der Waals surface area contributed by atoms with Gasteiger partial charge >= 0.3 is 0 Å². The van der Waals surface area contributed by atoms with Gasteiger partial charge < -0.3 is 10.2 Å². The Balaban J connectivity index is 1.15. The Morgan fingerprint density at radius 2 is 1.65 bits per heavy atom. The van der Waals surface area contributed by atoms with Crippen LogP contribution in [0.5, 0.6) is 0 Å². The van der Waals surface area contributed by atoms with E-state index in [1.807, 2.05) is 0 Å². The maximum absolute atomic E-state index is 12.9. The fraction of sp³-hybridized carbons (Fsp3) is 0.310. The third-order valence-electron chi connectivity index (χ3n) is 6.81. The van der Waals surface area contributed by atoms with Crippen LogP contribution in [0.4, 0.5) is 5.13 Å². The Labute approximate surface area is 205 Å². The molecular formula is C29H31N3OS. The molecule has 0 atom stereocenters. The largest absolute Gasteiger partial charge is 0.356 e. The first kappa shape index (κ1) is 22.6. The zero-order chi connectivity index (χ0) is 23.3. The minimum absolute atomic E-state index is 0.0831. The van der Waals surface area contributed by atoms with E-state index in [0.717, 1.165) is 43.0 Å². The van der Waals surface area contributed by atoms with Crippen LogP contribution in [-0.2, 0) is 4.79 Å². The van der Waals surface area contributed by atoms with Gasteiger partial charge in [0.05, 0.1) is 10.2 Å². The summed E-state index contributed by atoms with van der Waals surface area (Å²) in [4.78, 5) is 20.1. The molecule has 174 valence electrons. The first-order valence-corrected chi connectivity index (χ1v) is 13.0. The fourth-order valence-corrected chi connectivity index (χ4v) is 5.98. The number of hydrogen-bond acceptors (Lipinski definition) is 4. The number of carbonyl (C=O) groups excluding carboxylic acids is 1. The Bertz CT molecular complexity index is 1190. The Morgan fingerprint density at radius 3 is 2.29 bits per heavy atom. The number of anilines is 1. The first-order valence-electron chi connectivity index (χ1n) is 12.2. The van der Waals surface area contributed by atoms with Crippen molar-refractivity contribution in [2.75, 3.05) is 24.5 Å². The van der Waals surface area contributed by atoms with Crippen molar-refractivity contribution in [3.63, 3.8) is 0 Å². The highest BCUT2D eigenvalue weighted by Crippen LogP contribution is 2.32. The molecule has 1 aliphatic heterocycles. The van der Waals surface area contributed by atoms with Crippen LogP contribution in [0.25, 0.3) is 10.2 Å². The SMILES string of the molecule is Cc1ccc2nc(N3CCC(C(=O)NCCC(c4ccccc4)c4ccccc4)CC3)sc2c1. The van der Waals surface area contributed by atoms with Crippen molar-refractivity contribution in [3.05, 3.63) is 95.6 Å². The number of aryl methyl sites for hydroxylation is 1. The Hall–Kier alpha value is -3.18. The lowest BCUT2D eigenvalue weighted by atomic mass is 9.88. The molecule has 1 saturated heterocycles. The van der Waals surface area contributed by atoms with Gasteiger partial charge in [0, 0.05) is 31.5 Å². The van der Waals surface area contributed by atoms with E-state index in [4.69, 9.17) is 4.98 Å². The molecule has 5 rings (SSSR count). The molecule has 1 aromatic heterocycles. The van der Waals surface area contributed by atoms with Crippen molar-refractivity contribution >= 4 is 32.6 Å². The summed E-state index contributed by atoms with van der Waals surface area (Å²) in [5.74, 6) is 0.562. The number of nitrogens with one attached hydrogen (secondary N) is 1. The summed E-state index contributed by atoms with van der Waals surface area (Å²) < 4.78 is 1.24. The number of hydrogen-bond donors (Lipinski definition) is 1. The number of amides is 1. The van der Waals surface area contributed by atoms with E-state index in [2.05, 4.69) is 96.0 Å². The number of aromatic nitrogens is 1. The van der Waals surface area contributed by atoms with Crippen LogP contribution in [0, 0.1) is 12.8 Å². The Kier molecular flexibility index (Phi) is 6.91. The molecular weight excluding hydrogens is 438 g/mol. The van der Waals surface area contributed by atoms with Gasteiger partial charge in [-0.15, -0.1) is 0 Å². The molecule has 1 aliphatic rings. The molecule has 4 nitrogen and oxygen atoms in total. The number of piperidine rings is 1. The van der Waals surface area contributed by atoms with Crippen LogP contribution in [0.3, 0.4) is 0 Å². The summed E-state index contributed by atoms with van der Waals surface area (Å²) in [5, 5.41) is 4.31. The minimum atomic E-state index is 0.0831. The molecule has 0 saturated carbocycles. The van der Waals surface area contributed by atoms with Crippen LogP contribution in [0.1, 0.15) is 41.9 Å². The van der Waals surface area contributed by atoms with Crippen molar-refractivity contribution in [3.8, 4) is 0 Å². The summed E-state index contributed by atoms with van der Waals surface area (Å²) >= 11 is 1.75. The molecule has 5 heteroatoms. The van der Waals surface area contributed by atoms with Crippen LogP contribution >= 0.6 is 11.3 Å². The number of carbonyl (C=O) groups is 1. The monoisotopic (exact) mass is 469 g/mol. The second-order valence-electron chi connectivity index (χ2n) is 9.18. The highest BCUT2D eigenvalue weighted by Gasteiger charge is 2.26. The molecule has 1 N–H and O–H groups in total. The third kappa shape index (κ3) is 5.15. The number of rotatable bonds is 7. The van der Waals surface area contributed by atoms with E-state index >= 15 is 0 Å². The Morgan fingerprint density at radius 1 is 1.00 bits per heavy atom. The molecule has 0 spiro atoms. The van der Waals surface area contributed by atoms with Crippen molar-refractivity contribution in [2.45, 2.75) is 32.1 Å². The van der Waals surface area contributed by atoms with E-state index < -0.39 is 0 Å². The molecule has 4 aromatic rings. The zero-order valence-electron chi connectivity index (χ0n) is 19.6. The molecule has 1 fully saturated rings. The normalized spacial score (nSPS) is 14.6. The van der Waals surface area contributed by atoms with Crippen LogP contribution in [0.2, 0.25) is 0 Å². The molecule has 1 amide bonds. The maximum Gasteiger partial charge on any atom is 0.223 e. The van der Waals surface area contributed by atoms with Crippen LogP contribution in [-0.4, -0.2) is 30.5 Å². The number of benzene rings is 3. The highest BCUT2D eigenvalue weighted by atomic mass is 32.1. The molecule has 3 aromatic carbocycles. The summed E-state index contributed by atoms with van der Waals surface area (Å²) in [6.07, 6.45) is 2.65. The van der Waals surface area contributed by atoms with E-state index in [0.29, 0.717) is 6.54 Å². The van der Waals surface area contributed by atoms with Gasteiger partial charge in [-0.05, 0) is 55.0 Å². The van der Waals surface area contributed by atoms with Crippen LogP contribution in [0.15, 0.2) is 78.9 Å².